The smallest absolute Gasteiger partial charge is 0.193 e. The summed E-state index contributed by atoms with van der Waals surface area (Å²) >= 11 is 0. The molecule has 6 nitrogen and oxygen atoms in total. The average Bonchev–Trinajstić information content (AvgIpc) is 2.64. The highest BCUT2D eigenvalue weighted by Crippen LogP contribution is 2.31. The fourth-order valence-corrected chi connectivity index (χ4v) is 2.81. The summed E-state index contributed by atoms with van der Waals surface area (Å²) in [6.45, 7) is 5.45. The maximum absolute atomic E-state index is 5.44. The van der Waals surface area contributed by atoms with Crippen LogP contribution in [-0.4, -0.2) is 71.3 Å². The molecule has 146 valence electrons. The molecule has 1 aromatic carbocycles. The number of hydrogen-bond donors (Lipinski definition) is 1. The molecule has 0 aliphatic heterocycles. The number of nitrogens with zero attached hydrogens (tertiary/aromatic N) is 3. The van der Waals surface area contributed by atoms with Crippen LogP contribution in [0.2, 0.25) is 0 Å². The van der Waals surface area contributed by atoms with Gasteiger partial charge in [-0.15, -0.1) is 6.58 Å². The van der Waals surface area contributed by atoms with Crippen molar-refractivity contribution in [2.75, 3.05) is 55.5 Å². The largest absolute Gasteiger partial charge is 0.493 e. The van der Waals surface area contributed by atoms with Crippen LogP contribution in [0.5, 0.6) is 11.5 Å². The quantitative estimate of drug-likeness (QED) is 0.300. The maximum Gasteiger partial charge on any atom is 0.193 e. The van der Waals surface area contributed by atoms with Crippen molar-refractivity contribution in [3.05, 3.63) is 36.4 Å². The van der Waals surface area contributed by atoms with Gasteiger partial charge in [-0.3, -0.25) is 4.99 Å². The monoisotopic (exact) mass is 362 g/mol. The van der Waals surface area contributed by atoms with Gasteiger partial charge in [-0.2, -0.15) is 0 Å². The molecule has 0 aromatic heterocycles. The normalized spacial score (nSPS) is 12.7. The first-order chi connectivity index (χ1) is 12.5. The van der Waals surface area contributed by atoms with Gasteiger partial charge in [-0.25, -0.2) is 0 Å². The molecule has 0 saturated carbocycles. The number of guanidine groups is 1. The SMILES string of the molecule is C=CCCCN(C)C(=NC)NCC(c1ccc(OC)c(OC)c1)N(C)C. The van der Waals surface area contributed by atoms with E-state index in [1.165, 1.54) is 0 Å². The van der Waals surface area contributed by atoms with E-state index in [0.717, 1.165) is 49.0 Å². The van der Waals surface area contributed by atoms with Crippen LogP contribution in [0.1, 0.15) is 24.4 Å². The Hall–Kier alpha value is -2.21. The van der Waals surface area contributed by atoms with E-state index in [1.807, 2.05) is 25.3 Å². The molecule has 0 spiro atoms. The molecule has 1 unspecified atom stereocenters. The van der Waals surface area contributed by atoms with E-state index in [1.54, 1.807) is 14.2 Å². The number of ether oxygens (including phenoxy) is 2. The molecular formula is C20H34N4O2. The zero-order valence-electron chi connectivity index (χ0n) is 17.1. The van der Waals surface area contributed by atoms with Crippen molar-refractivity contribution < 1.29 is 9.47 Å². The lowest BCUT2D eigenvalue weighted by Crippen LogP contribution is -2.43. The summed E-state index contributed by atoms with van der Waals surface area (Å²) in [5, 5.41) is 3.48. The van der Waals surface area contributed by atoms with Crippen molar-refractivity contribution in [3.63, 3.8) is 0 Å². The Morgan fingerprint density at radius 3 is 2.46 bits per heavy atom. The van der Waals surface area contributed by atoms with Gasteiger partial charge < -0.3 is 24.6 Å². The Balaban J connectivity index is 2.83. The van der Waals surface area contributed by atoms with Gasteiger partial charge >= 0.3 is 0 Å². The molecule has 0 bridgehead atoms. The lowest BCUT2D eigenvalue weighted by atomic mass is 10.1. The highest BCUT2D eigenvalue weighted by molar-refractivity contribution is 5.79. The highest BCUT2D eigenvalue weighted by Gasteiger charge is 2.18. The summed E-state index contributed by atoms with van der Waals surface area (Å²) in [5.41, 5.74) is 1.16. The van der Waals surface area contributed by atoms with Crippen molar-refractivity contribution in [3.8, 4) is 11.5 Å². The average molecular weight is 363 g/mol. The summed E-state index contributed by atoms with van der Waals surface area (Å²) in [7, 11) is 11.3. The molecule has 0 aliphatic carbocycles. The van der Waals surface area contributed by atoms with Crippen molar-refractivity contribution in [2.24, 2.45) is 4.99 Å². The number of benzene rings is 1. The molecule has 26 heavy (non-hydrogen) atoms. The molecule has 0 amide bonds. The van der Waals surface area contributed by atoms with E-state index >= 15 is 0 Å². The van der Waals surface area contributed by atoms with Crippen LogP contribution in [0.25, 0.3) is 0 Å². The van der Waals surface area contributed by atoms with Gasteiger partial charge in [0.2, 0.25) is 0 Å². The molecule has 1 rings (SSSR count). The minimum Gasteiger partial charge on any atom is -0.493 e. The fraction of sp³-hybridized carbons (Fsp3) is 0.550. The molecular weight excluding hydrogens is 328 g/mol. The molecule has 6 heteroatoms. The van der Waals surface area contributed by atoms with Crippen LogP contribution in [0.15, 0.2) is 35.8 Å². The van der Waals surface area contributed by atoms with Gasteiger partial charge in [0.1, 0.15) is 0 Å². The molecule has 0 fully saturated rings. The van der Waals surface area contributed by atoms with Crippen LogP contribution in [0.3, 0.4) is 0 Å². The van der Waals surface area contributed by atoms with Gasteiger partial charge in [0.25, 0.3) is 0 Å². The Bertz CT molecular complexity index is 587. The molecule has 0 aliphatic rings. The zero-order valence-corrected chi connectivity index (χ0v) is 17.1. The topological polar surface area (TPSA) is 49.3 Å². The number of hydrogen-bond acceptors (Lipinski definition) is 4. The van der Waals surface area contributed by atoms with E-state index in [2.05, 4.69) is 53.9 Å². The Kier molecular flexibility index (Phi) is 9.58. The number of unbranched alkanes of at least 4 members (excludes halogenated alkanes) is 1. The van der Waals surface area contributed by atoms with Crippen molar-refractivity contribution in [2.45, 2.75) is 18.9 Å². The fourth-order valence-electron chi connectivity index (χ4n) is 2.81. The second kappa shape index (κ2) is 11.4. The van der Waals surface area contributed by atoms with Gasteiger partial charge in [0.05, 0.1) is 20.3 Å². The summed E-state index contributed by atoms with van der Waals surface area (Å²) in [6, 6.07) is 6.22. The molecule has 1 aromatic rings. The minimum atomic E-state index is 0.174. The van der Waals surface area contributed by atoms with Gasteiger partial charge in [0.15, 0.2) is 17.5 Å². The number of allylic oxidation sites excluding steroid dienone is 1. The Labute approximate surface area is 158 Å². The number of rotatable bonds is 10. The third kappa shape index (κ3) is 6.26. The second-order valence-electron chi connectivity index (χ2n) is 6.37. The van der Waals surface area contributed by atoms with E-state index in [-0.39, 0.29) is 6.04 Å². The predicted molar refractivity (Wildman–Crippen MR) is 109 cm³/mol. The Morgan fingerprint density at radius 2 is 1.92 bits per heavy atom. The van der Waals surface area contributed by atoms with Crippen molar-refractivity contribution in [1.29, 1.82) is 0 Å². The van der Waals surface area contributed by atoms with Crippen LogP contribution in [0, 0.1) is 0 Å². The summed E-state index contributed by atoms with van der Waals surface area (Å²) in [6.07, 6.45) is 4.02. The van der Waals surface area contributed by atoms with Crippen molar-refractivity contribution >= 4 is 5.96 Å². The van der Waals surface area contributed by atoms with Gasteiger partial charge in [0, 0.05) is 27.2 Å². The summed E-state index contributed by atoms with van der Waals surface area (Å²) in [4.78, 5) is 8.72. The van der Waals surface area contributed by atoms with E-state index in [9.17, 15) is 0 Å². The van der Waals surface area contributed by atoms with Crippen LogP contribution < -0.4 is 14.8 Å². The van der Waals surface area contributed by atoms with Gasteiger partial charge in [-0.05, 0) is 44.6 Å². The molecule has 1 N–H and O–H groups in total. The highest BCUT2D eigenvalue weighted by atomic mass is 16.5. The van der Waals surface area contributed by atoms with Crippen LogP contribution in [-0.2, 0) is 0 Å². The number of aliphatic imine (C=N–C) groups is 1. The number of methoxy groups -OCH3 is 2. The van der Waals surface area contributed by atoms with Crippen LogP contribution in [0.4, 0.5) is 0 Å². The second-order valence-corrected chi connectivity index (χ2v) is 6.37. The summed E-state index contributed by atoms with van der Waals surface area (Å²) < 4.78 is 10.8. The molecule has 1 atom stereocenters. The van der Waals surface area contributed by atoms with Gasteiger partial charge in [-0.1, -0.05) is 12.1 Å². The first-order valence-corrected chi connectivity index (χ1v) is 8.89. The Morgan fingerprint density at radius 1 is 1.23 bits per heavy atom. The molecule has 0 heterocycles. The standard InChI is InChI=1S/C20H34N4O2/c1-8-9-10-13-24(5)20(21-2)22-15-17(23(3)4)16-11-12-18(25-6)19(14-16)26-7/h8,11-12,14,17H,1,9-10,13,15H2,2-7H3,(H,21,22). The van der Waals surface area contributed by atoms with E-state index in [0.29, 0.717) is 0 Å². The van der Waals surface area contributed by atoms with E-state index < -0.39 is 0 Å². The summed E-state index contributed by atoms with van der Waals surface area (Å²) in [5.74, 6) is 2.36. The first kappa shape index (κ1) is 21.8. The number of likely N-dealkylation sites (N-methyl/N-ethyl adjacent to an activating group) is 1. The third-order valence-corrected chi connectivity index (χ3v) is 4.34. The lowest BCUT2D eigenvalue weighted by Gasteiger charge is -2.28. The van der Waals surface area contributed by atoms with Crippen molar-refractivity contribution in [1.82, 2.24) is 15.1 Å². The predicted octanol–water partition coefficient (Wildman–Crippen LogP) is 2.78. The lowest BCUT2D eigenvalue weighted by molar-refractivity contribution is 0.293. The molecule has 0 radical (unpaired) electrons. The molecule has 0 saturated heterocycles. The third-order valence-electron chi connectivity index (χ3n) is 4.34. The minimum absolute atomic E-state index is 0.174. The number of nitrogens with one attached hydrogen (secondary N) is 1. The van der Waals surface area contributed by atoms with Crippen LogP contribution >= 0.6 is 0 Å². The maximum atomic E-state index is 5.44. The first-order valence-electron chi connectivity index (χ1n) is 8.89. The van der Waals surface area contributed by atoms with E-state index in [4.69, 9.17) is 9.47 Å². The zero-order chi connectivity index (χ0) is 19.5.